The zero-order valence-corrected chi connectivity index (χ0v) is 11.9. The molecule has 0 radical (unpaired) electrons. The Balaban J connectivity index is 2.06. The Hall–Kier alpha value is -0.730. The molecule has 0 amide bonds. The number of sulfone groups is 1. The minimum Gasteiger partial charge on any atom is -0.388 e. The van der Waals surface area contributed by atoms with Gasteiger partial charge in [-0.2, -0.15) is 13.2 Å². The Morgan fingerprint density at radius 2 is 1.85 bits per heavy atom. The summed E-state index contributed by atoms with van der Waals surface area (Å²) in [6.45, 7) is 0. The van der Waals surface area contributed by atoms with Gasteiger partial charge in [0.25, 0.3) is 0 Å². The van der Waals surface area contributed by atoms with Crippen LogP contribution in [-0.2, 0) is 9.84 Å². The van der Waals surface area contributed by atoms with Gasteiger partial charge in [-0.25, -0.2) is 8.42 Å². The lowest BCUT2D eigenvalue weighted by molar-refractivity contribution is -0.0328. The molecule has 20 heavy (non-hydrogen) atoms. The van der Waals surface area contributed by atoms with Crippen molar-refractivity contribution < 1.29 is 26.7 Å². The summed E-state index contributed by atoms with van der Waals surface area (Å²) < 4.78 is 59.2. The third-order valence-corrected chi connectivity index (χ3v) is 5.70. The minimum absolute atomic E-state index is 0.0347. The monoisotopic (exact) mass is 326 g/mol. The first-order valence-electron chi connectivity index (χ1n) is 5.90. The van der Waals surface area contributed by atoms with Crippen LogP contribution >= 0.6 is 11.8 Å². The van der Waals surface area contributed by atoms with Crippen molar-refractivity contribution in [1.29, 1.82) is 0 Å². The molecule has 2 rings (SSSR count). The molecule has 0 spiro atoms. The summed E-state index contributed by atoms with van der Waals surface area (Å²) in [6, 6.07) is 5.37. The molecule has 1 N–H and O–H groups in total. The van der Waals surface area contributed by atoms with Crippen molar-refractivity contribution in [2.45, 2.75) is 22.9 Å². The topological polar surface area (TPSA) is 54.4 Å². The predicted molar refractivity (Wildman–Crippen MR) is 70.1 cm³/mol. The molecule has 1 heterocycles. The van der Waals surface area contributed by atoms with Crippen molar-refractivity contribution >= 4 is 21.6 Å². The summed E-state index contributed by atoms with van der Waals surface area (Å²) in [4.78, 5) is 0.0347. The second-order valence-electron chi connectivity index (χ2n) is 4.72. The molecule has 0 saturated carbocycles. The maximum Gasteiger partial charge on any atom is 0.446 e. The van der Waals surface area contributed by atoms with Crippen LogP contribution in [0.2, 0.25) is 0 Å². The molecule has 1 aromatic rings. The normalized spacial score (nSPS) is 23.7. The SMILES string of the molecule is O=S1(=O)CCC(C(O)c2ccc(SC(F)(F)F)cc2)C1. The molecular weight excluding hydrogens is 313 g/mol. The lowest BCUT2D eigenvalue weighted by atomic mass is 9.95. The number of halogens is 3. The second kappa shape index (κ2) is 5.57. The molecular formula is C12H13F3O3S2. The molecule has 0 aliphatic carbocycles. The maximum atomic E-state index is 12.2. The van der Waals surface area contributed by atoms with E-state index in [0.29, 0.717) is 12.0 Å². The number of rotatable bonds is 3. The number of benzene rings is 1. The molecule has 1 saturated heterocycles. The van der Waals surface area contributed by atoms with E-state index in [0.717, 1.165) is 0 Å². The van der Waals surface area contributed by atoms with Crippen molar-refractivity contribution in [3.05, 3.63) is 29.8 Å². The van der Waals surface area contributed by atoms with Crippen molar-refractivity contribution in [3.8, 4) is 0 Å². The van der Waals surface area contributed by atoms with E-state index in [1.807, 2.05) is 0 Å². The number of aliphatic hydroxyl groups is 1. The van der Waals surface area contributed by atoms with Gasteiger partial charge in [-0.3, -0.25) is 0 Å². The fraction of sp³-hybridized carbons (Fsp3) is 0.500. The Morgan fingerprint density at radius 1 is 1.25 bits per heavy atom. The Kier molecular flexibility index (Phi) is 4.36. The molecule has 2 atom stereocenters. The van der Waals surface area contributed by atoms with Gasteiger partial charge in [0.15, 0.2) is 9.84 Å². The van der Waals surface area contributed by atoms with E-state index in [9.17, 15) is 26.7 Å². The van der Waals surface area contributed by atoms with Crippen LogP contribution in [-0.4, -0.2) is 30.5 Å². The van der Waals surface area contributed by atoms with Crippen LogP contribution in [0.15, 0.2) is 29.2 Å². The number of hydrogen-bond donors (Lipinski definition) is 1. The van der Waals surface area contributed by atoms with E-state index >= 15 is 0 Å². The Bertz CT molecular complexity index is 567. The minimum atomic E-state index is -4.35. The number of thioether (sulfide) groups is 1. The van der Waals surface area contributed by atoms with Gasteiger partial charge in [-0.15, -0.1) is 0 Å². The van der Waals surface area contributed by atoms with E-state index in [4.69, 9.17) is 0 Å². The zero-order chi connectivity index (χ0) is 15.0. The lowest BCUT2D eigenvalue weighted by Crippen LogP contribution is -2.14. The van der Waals surface area contributed by atoms with Crippen LogP contribution in [0.3, 0.4) is 0 Å². The average molecular weight is 326 g/mol. The van der Waals surface area contributed by atoms with Gasteiger partial charge in [0.1, 0.15) is 0 Å². The highest BCUT2D eigenvalue weighted by Crippen LogP contribution is 2.38. The highest BCUT2D eigenvalue weighted by molar-refractivity contribution is 8.00. The second-order valence-corrected chi connectivity index (χ2v) is 8.09. The largest absolute Gasteiger partial charge is 0.446 e. The molecule has 0 bridgehead atoms. The first kappa shape index (κ1) is 15.7. The van der Waals surface area contributed by atoms with E-state index in [1.165, 1.54) is 24.3 Å². The van der Waals surface area contributed by atoms with Crippen LogP contribution in [0.1, 0.15) is 18.1 Å². The van der Waals surface area contributed by atoms with Gasteiger partial charge in [-0.05, 0) is 35.9 Å². The van der Waals surface area contributed by atoms with Crippen LogP contribution < -0.4 is 0 Å². The molecule has 8 heteroatoms. The van der Waals surface area contributed by atoms with Gasteiger partial charge in [0.05, 0.1) is 17.6 Å². The highest BCUT2D eigenvalue weighted by atomic mass is 32.2. The number of aliphatic hydroxyl groups excluding tert-OH is 1. The quantitative estimate of drug-likeness (QED) is 0.868. The average Bonchev–Trinajstić information content (AvgIpc) is 2.68. The Morgan fingerprint density at radius 3 is 2.30 bits per heavy atom. The highest BCUT2D eigenvalue weighted by Gasteiger charge is 2.34. The molecule has 0 aromatic heterocycles. The molecule has 1 aliphatic heterocycles. The fourth-order valence-corrected chi connectivity index (χ4v) is 4.58. The molecule has 1 aromatic carbocycles. The smallest absolute Gasteiger partial charge is 0.388 e. The zero-order valence-electron chi connectivity index (χ0n) is 10.3. The van der Waals surface area contributed by atoms with Crippen LogP contribution in [0.4, 0.5) is 13.2 Å². The predicted octanol–water partition coefficient (Wildman–Crippen LogP) is 2.77. The number of hydrogen-bond acceptors (Lipinski definition) is 4. The lowest BCUT2D eigenvalue weighted by Gasteiger charge is -2.17. The van der Waals surface area contributed by atoms with Crippen molar-refractivity contribution in [2.24, 2.45) is 5.92 Å². The molecule has 3 nitrogen and oxygen atoms in total. The van der Waals surface area contributed by atoms with Gasteiger partial charge >= 0.3 is 5.51 Å². The standard InChI is InChI=1S/C12H13F3O3S2/c13-12(14,15)19-10-3-1-8(2-4-10)11(16)9-5-6-20(17,18)7-9/h1-4,9,11,16H,5-7H2. The van der Waals surface area contributed by atoms with E-state index in [2.05, 4.69) is 0 Å². The summed E-state index contributed by atoms with van der Waals surface area (Å²) in [6.07, 6.45) is -0.583. The molecule has 112 valence electrons. The van der Waals surface area contributed by atoms with Gasteiger partial charge in [-0.1, -0.05) is 12.1 Å². The first-order valence-corrected chi connectivity index (χ1v) is 8.54. The summed E-state index contributed by atoms with van der Waals surface area (Å²) >= 11 is -0.224. The van der Waals surface area contributed by atoms with Gasteiger partial charge in [0.2, 0.25) is 0 Å². The van der Waals surface area contributed by atoms with E-state index in [-0.39, 0.29) is 34.1 Å². The van der Waals surface area contributed by atoms with Crippen LogP contribution in [0, 0.1) is 5.92 Å². The van der Waals surface area contributed by atoms with Crippen molar-refractivity contribution in [1.82, 2.24) is 0 Å². The summed E-state index contributed by atoms with van der Waals surface area (Å²) in [5.41, 5.74) is -3.90. The van der Waals surface area contributed by atoms with Crippen molar-refractivity contribution in [3.63, 3.8) is 0 Å². The molecule has 2 unspecified atom stereocenters. The van der Waals surface area contributed by atoms with Gasteiger partial charge in [0, 0.05) is 10.8 Å². The third kappa shape index (κ3) is 4.13. The third-order valence-electron chi connectivity index (χ3n) is 3.17. The van der Waals surface area contributed by atoms with E-state index < -0.39 is 21.4 Å². The van der Waals surface area contributed by atoms with Crippen LogP contribution in [0.25, 0.3) is 0 Å². The maximum absolute atomic E-state index is 12.2. The van der Waals surface area contributed by atoms with Crippen molar-refractivity contribution in [2.75, 3.05) is 11.5 Å². The molecule has 1 aliphatic rings. The fourth-order valence-electron chi connectivity index (χ4n) is 2.21. The van der Waals surface area contributed by atoms with E-state index in [1.54, 1.807) is 0 Å². The van der Waals surface area contributed by atoms with Crippen LogP contribution in [0.5, 0.6) is 0 Å². The summed E-state index contributed by atoms with van der Waals surface area (Å²) in [5, 5.41) is 10.1. The van der Waals surface area contributed by atoms with Gasteiger partial charge < -0.3 is 5.11 Å². The first-order chi connectivity index (χ1) is 9.16. The summed E-state index contributed by atoms with van der Waals surface area (Å²) in [5.74, 6) is -0.412. The molecule has 1 fully saturated rings. The number of alkyl halides is 3. The Labute approximate surface area is 119 Å². The summed E-state index contributed by atoms with van der Waals surface area (Å²) in [7, 11) is -3.09.